The quantitative estimate of drug-likeness (QED) is 0.673. The first-order valence-corrected chi connectivity index (χ1v) is 8.09. The third-order valence-electron chi connectivity index (χ3n) is 4.29. The fourth-order valence-corrected chi connectivity index (χ4v) is 2.92. The van der Waals surface area contributed by atoms with Gasteiger partial charge in [0.2, 0.25) is 5.69 Å². The van der Waals surface area contributed by atoms with Crippen molar-refractivity contribution in [3.05, 3.63) is 48.3 Å². The van der Waals surface area contributed by atoms with Crippen LogP contribution in [0.5, 0.6) is 23.0 Å². The Labute approximate surface area is 156 Å². The lowest BCUT2D eigenvalue weighted by molar-refractivity contribution is -0.594. The number of ether oxygens (including phenoxy) is 4. The smallest absolute Gasteiger partial charge is 0.342 e. The zero-order chi connectivity index (χ0) is 19.6. The molecule has 0 radical (unpaired) electrons. The number of hydrogen-bond acceptors (Lipinski definition) is 5. The number of carboxylic acid groups (broad SMARTS) is 1. The molecule has 0 atom stereocenters. The van der Waals surface area contributed by atoms with E-state index >= 15 is 0 Å². The highest BCUT2D eigenvalue weighted by Gasteiger charge is 2.23. The van der Waals surface area contributed by atoms with E-state index in [-0.39, 0.29) is 5.56 Å². The van der Waals surface area contributed by atoms with Crippen molar-refractivity contribution in [3.8, 4) is 28.7 Å². The van der Waals surface area contributed by atoms with E-state index in [4.69, 9.17) is 18.9 Å². The number of hydrogen-bond donors (Lipinski definition) is 1. The maximum atomic E-state index is 11.8. The van der Waals surface area contributed by atoms with Gasteiger partial charge in [-0.05, 0) is 17.5 Å². The van der Waals surface area contributed by atoms with Gasteiger partial charge in [0, 0.05) is 12.1 Å². The second kappa shape index (κ2) is 7.41. The maximum Gasteiger partial charge on any atom is 0.342 e. The molecule has 3 rings (SSSR count). The minimum atomic E-state index is -1.06. The maximum absolute atomic E-state index is 11.8. The number of benzene rings is 2. The number of carbonyl (C=O) groups is 1. The van der Waals surface area contributed by atoms with Gasteiger partial charge in [0.25, 0.3) is 0 Å². The Kier molecular flexibility index (Phi) is 5.03. The Balaban J connectivity index is 2.23. The molecule has 0 aliphatic rings. The predicted molar refractivity (Wildman–Crippen MR) is 98.6 cm³/mol. The Hall–Kier alpha value is -3.48. The molecule has 1 N–H and O–H groups in total. The lowest BCUT2D eigenvalue weighted by Gasteiger charge is -2.11. The number of fused-ring (bicyclic) bond motifs is 1. The highest BCUT2D eigenvalue weighted by Crippen LogP contribution is 2.33. The topological polar surface area (TPSA) is 78.1 Å². The van der Waals surface area contributed by atoms with E-state index in [0.717, 1.165) is 10.8 Å². The van der Waals surface area contributed by atoms with Crippen LogP contribution >= 0.6 is 0 Å². The van der Waals surface area contributed by atoms with Crippen LogP contribution in [0.3, 0.4) is 0 Å². The van der Waals surface area contributed by atoms with Crippen LogP contribution in [-0.4, -0.2) is 39.5 Å². The summed E-state index contributed by atoms with van der Waals surface area (Å²) in [6.07, 6.45) is 3.60. The first kappa shape index (κ1) is 18.3. The van der Waals surface area contributed by atoms with Gasteiger partial charge in [-0.2, -0.15) is 4.57 Å². The van der Waals surface area contributed by atoms with E-state index < -0.39 is 5.97 Å². The van der Waals surface area contributed by atoms with Crippen molar-refractivity contribution in [2.24, 2.45) is 0 Å². The Morgan fingerprint density at radius 2 is 1.33 bits per heavy atom. The summed E-state index contributed by atoms with van der Waals surface area (Å²) in [5.41, 5.74) is 0.550. The van der Waals surface area contributed by atoms with Gasteiger partial charge in [-0.15, -0.1) is 0 Å². The largest absolute Gasteiger partial charge is 0.493 e. The average molecular weight is 370 g/mol. The molecule has 7 nitrogen and oxygen atoms in total. The number of nitrogens with zero attached hydrogens (tertiary/aromatic N) is 1. The summed E-state index contributed by atoms with van der Waals surface area (Å²) in [4.78, 5) is 11.8. The van der Waals surface area contributed by atoms with Gasteiger partial charge in [0.1, 0.15) is 5.56 Å². The summed E-state index contributed by atoms with van der Waals surface area (Å²) in [5.74, 6) is 0.948. The number of aromatic carboxylic acids is 1. The summed E-state index contributed by atoms with van der Waals surface area (Å²) in [6.45, 7) is 0. The van der Waals surface area contributed by atoms with Crippen LogP contribution in [0.1, 0.15) is 10.4 Å². The lowest BCUT2D eigenvalue weighted by Crippen LogP contribution is -2.32. The molecule has 1 aromatic heterocycles. The van der Waals surface area contributed by atoms with Crippen LogP contribution in [0.4, 0.5) is 0 Å². The SMILES string of the molecule is COc1cc(C(=O)O)c(-[n+]2ccc3cc(OC)c(OC)cc3c2)cc1OC. The number of aromatic nitrogens is 1. The van der Waals surface area contributed by atoms with Gasteiger partial charge in [0.15, 0.2) is 35.4 Å². The van der Waals surface area contributed by atoms with Crippen molar-refractivity contribution < 1.29 is 33.4 Å². The molecule has 27 heavy (non-hydrogen) atoms. The lowest BCUT2D eigenvalue weighted by atomic mass is 10.1. The molecule has 140 valence electrons. The van der Waals surface area contributed by atoms with Crippen molar-refractivity contribution in [3.63, 3.8) is 0 Å². The first-order valence-electron chi connectivity index (χ1n) is 8.09. The van der Waals surface area contributed by atoms with Gasteiger partial charge < -0.3 is 24.1 Å². The van der Waals surface area contributed by atoms with Crippen LogP contribution in [0.25, 0.3) is 16.5 Å². The van der Waals surface area contributed by atoms with Crippen LogP contribution in [0.15, 0.2) is 42.7 Å². The summed E-state index contributed by atoms with van der Waals surface area (Å²) in [7, 11) is 6.11. The van der Waals surface area contributed by atoms with E-state index in [0.29, 0.717) is 28.7 Å². The number of pyridine rings is 1. The summed E-state index contributed by atoms with van der Waals surface area (Å²) in [6, 6.07) is 8.66. The number of carboxylic acids is 1. The highest BCUT2D eigenvalue weighted by molar-refractivity contribution is 5.92. The normalized spacial score (nSPS) is 10.5. The zero-order valence-electron chi connectivity index (χ0n) is 15.5. The van der Waals surface area contributed by atoms with Crippen molar-refractivity contribution in [1.29, 1.82) is 0 Å². The van der Waals surface area contributed by atoms with Crippen molar-refractivity contribution in [2.45, 2.75) is 0 Å². The molecule has 1 heterocycles. The summed E-state index contributed by atoms with van der Waals surface area (Å²) >= 11 is 0. The van der Waals surface area contributed by atoms with E-state index in [1.54, 1.807) is 31.0 Å². The fraction of sp³-hybridized carbons (Fsp3) is 0.200. The van der Waals surface area contributed by atoms with Crippen LogP contribution in [0, 0.1) is 0 Å². The summed E-state index contributed by atoms with van der Waals surface area (Å²) in [5, 5.41) is 11.4. The highest BCUT2D eigenvalue weighted by atomic mass is 16.5. The van der Waals surface area contributed by atoms with Gasteiger partial charge in [-0.3, -0.25) is 0 Å². The van der Waals surface area contributed by atoms with E-state index in [9.17, 15) is 9.90 Å². The molecule has 3 aromatic rings. The molecule has 0 unspecified atom stereocenters. The molecule has 0 amide bonds. The van der Waals surface area contributed by atoms with E-state index in [2.05, 4.69) is 0 Å². The van der Waals surface area contributed by atoms with E-state index in [1.165, 1.54) is 20.3 Å². The molecule has 0 spiro atoms. The molecule has 0 saturated carbocycles. The monoisotopic (exact) mass is 370 g/mol. The molecule has 0 saturated heterocycles. The van der Waals surface area contributed by atoms with Gasteiger partial charge >= 0.3 is 5.97 Å². The van der Waals surface area contributed by atoms with Crippen LogP contribution in [0.2, 0.25) is 0 Å². The molecular formula is C20H20NO6+. The zero-order valence-corrected chi connectivity index (χ0v) is 15.5. The van der Waals surface area contributed by atoms with Gasteiger partial charge in [0.05, 0.1) is 39.9 Å². The fourth-order valence-electron chi connectivity index (χ4n) is 2.92. The Morgan fingerprint density at radius 1 is 0.815 bits per heavy atom. The van der Waals surface area contributed by atoms with Crippen LogP contribution < -0.4 is 23.5 Å². The van der Waals surface area contributed by atoms with Crippen LogP contribution in [-0.2, 0) is 0 Å². The Bertz CT molecular complexity index is 1020. The number of methoxy groups -OCH3 is 4. The third-order valence-corrected chi connectivity index (χ3v) is 4.29. The average Bonchev–Trinajstić information content (AvgIpc) is 2.70. The molecule has 2 aromatic carbocycles. The van der Waals surface area contributed by atoms with Crippen molar-refractivity contribution in [2.75, 3.05) is 28.4 Å². The molecular weight excluding hydrogens is 350 g/mol. The standard InChI is InChI=1S/C20H19NO6/c1-24-16-7-12-5-6-21(11-13(12)8-17(16)25-2)15-10-19(27-4)18(26-3)9-14(15)20(22)23/h5-11H,1-4H3/p+1. The van der Waals surface area contributed by atoms with E-state index in [1.807, 2.05) is 24.4 Å². The van der Waals surface area contributed by atoms with Crippen molar-refractivity contribution >= 4 is 16.7 Å². The predicted octanol–water partition coefficient (Wildman–Crippen LogP) is 2.85. The molecule has 0 aliphatic carbocycles. The third kappa shape index (κ3) is 3.31. The minimum absolute atomic E-state index is 0.0949. The summed E-state index contributed by atoms with van der Waals surface area (Å²) < 4.78 is 22.9. The first-order chi connectivity index (χ1) is 13.0. The second-order valence-corrected chi connectivity index (χ2v) is 5.72. The van der Waals surface area contributed by atoms with Gasteiger partial charge in [-0.1, -0.05) is 0 Å². The minimum Gasteiger partial charge on any atom is -0.493 e. The second-order valence-electron chi connectivity index (χ2n) is 5.72. The molecule has 0 aliphatic heterocycles. The Morgan fingerprint density at radius 3 is 1.89 bits per heavy atom. The molecule has 0 fully saturated rings. The molecule has 0 bridgehead atoms. The number of rotatable bonds is 6. The van der Waals surface area contributed by atoms with Crippen molar-refractivity contribution in [1.82, 2.24) is 0 Å². The van der Waals surface area contributed by atoms with Gasteiger partial charge in [-0.25, -0.2) is 4.79 Å². The molecule has 7 heteroatoms.